The van der Waals surface area contributed by atoms with Gasteiger partial charge in [-0.05, 0) is 36.4 Å². The summed E-state index contributed by atoms with van der Waals surface area (Å²) < 4.78 is 17.6. The van der Waals surface area contributed by atoms with E-state index in [1.54, 1.807) is 0 Å². The largest absolute Gasteiger partial charge is 0.426 e. The fourth-order valence-electron chi connectivity index (χ4n) is 1.99. The SMILES string of the molecule is [Si]C(Oc1ccccc1)(Oc1ccccc1)Oc1ccccc1. The molecule has 0 aliphatic heterocycles. The van der Waals surface area contributed by atoms with Gasteiger partial charge in [-0.1, -0.05) is 54.6 Å². The van der Waals surface area contributed by atoms with Crippen LogP contribution in [-0.2, 0) is 0 Å². The van der Waals surface area contributed by atoms with Gasteiger partial charge in [0.2, 0.25) is 10.2 Å². The van der Waals surface area contributed by atoms with Gasteiger partial charge in [0.05, 0.1) is 0 Å². The predicted octanol–water partition coefficient (Wildman–Crippen LogP) is 4.00. The number of ether oxygens (including phenoxy) is 3. The monoisotopic (exact) mass is 319 g/mol. The molecule has 3 rings (SSSR count). The molecule has 3 aromatic carbocycles. The van der Waals surface area contributed by atoms with Crippen LogP contribution in [0.2, 0.25) is 0 Å². The quantitative estimate of drug-likeness (QED) is 0.508. The van der Waals surface area contributed by atoms with Crippen LogP contribution in [0.3, 0.4) is 0 Å². The zero-order valence-electron chi connectivity index (χ0n) is 12.4. The van der Waals surface area contributed by atoms with Crippen LogP contribution >= 0.6 is 0 Å². The van der Waals surface area contributed by atoms with Crippen molar-refractivity contribution in [1.82, 2.24) is 0 Å². The fourth-order valence-corrected chi connectivity index (χ4v) is 2.35. The fraction of sp³-hybridized carbons (Fsp3) is 0.0526. The van der Waals surface area contributed by atoms with E-state index in [0.717, 1.165) is 0 Å². The van der Waals surface area contributed by atoms with E-state index < -0.39 is 5.60 Å². The molecule has 4 heteroatoms. The molecule has 0 unspecified atom stereocenters. The summed E-state index contributed by atoms with van der Waals surface area (Å²) in [7, 11) is 3.49. The zero-order chi connectivity index (χ0) is 16.0. The number of para-hydroxylation sites is 3. The van der Waals surface area contributed by atoms with Crippen molar-refractivity contribution in [3.63, 3.8) is 0 Å². The molecular weight excluding hydrogens is 304 g/mol. The number of hydrogen-bond acceptors (Lipinski definition) is 3. The molecule has 0 saturated heterocycles. The lowest BCUT2D eigenvalue weighted by molar-refractivity contribution is -0.183. The molecule has 0 aliphatic rings. The molecule has 3 aromatic rings. The van der Waals surface area contributed by atoms with Gasteiger partial charge in [-0.25, -0.2) is 0 Å². The smallest absolute Gasteiger partial charge is 0.372 e. The summed E-state index contributed by atoms with van der Waals surface area (Å²) in [5.41, 5.74) is -1.48. The van der Waals surface area contributed by atoms with Crippen LogP contribution in [0.1, 0.15) is 0 Å². The molecule has 0 aromatic heterocycles. The first-order valence-corrected chi connectivity index (χ1v) is 7.71. The lowest BCUT2D eigenvalue weighted by Gasteiger charge is -2.31. The van der Waals surface area contributed by atoms with Crippen LogP contribution in [0.25, 0.3) is 0 Å². The average Bonchev–Trinajstić information content (AvgIpc) is 2.57. The Morgan fingerprint density at radius 1 is 0.478 bits per heavy atom. The second-order valence-electron chi connectivity index (χ2n) is 4.80. The van der Waals surface area contributed by atoms with Gasteiger partial charge in [0.15, 0.2) is 0 Å². The van der Waals surface area contributed by atoms with Crippen LogP contribution in [0.5, 0.6) is 17.2 Å². The lowest BCUT2D eigenvalue weighted by Crippen LogP contribution is -2.49. The first-order chi connectivity index (χ1) is 11.2. The summed E-state index contributed by atoms with van der Waals surface area (Å²) in [5.74, 6) is 1.86. The Balaban J connectivity index is 1.85. The molecule has 0 N–H and O–H groups in total. The maximum atomic E-state index is 5.88. The highest BCUT2D eigenvalue weighted by Crippen LogP contribution is 2.24. The van der Waals surface area contributed by atoms with Gasteiger partial charge in [-0.3, -0.25) is 0 Å². The third-order valence-corrected chi connectivity index (χ3v) is 3.29. The van der Waals surface area contributed by atoms with Crippen LogP contribution < -0.4 is 14.2 Å². The van der Waals surface area contributed by atoms with Gasteiger partial charge in [0.25, 0.3) is 0 Å². The Kier molecular flexibility index (Phi) is 4.64. The Bertz CT molecular complexity index is 616. The van der Waals surface area contributed by atoms with Gasteiger partial charge < -0.3 is 14.2 Å². The van der Waals surface area contributed by atoms with Crippen molar-refractivity contribution in [3.05, 3.63) is 91.0 Å². The molecule has 0 aliphatic carbocycles. The summed E-state index contributed by atoms with van der Waals surface area (Å²) in [6.45, 7) is 0. The molecule has 0 amide bonds. The van der Waals surface area contributed by atoms with E-state index in [1.165, 1.54) is 0 Å². The summed E-state index contributed by atoms with van der Waals surface area (Å²) in [5, 5.41) is 0. The van der Waals surface area contributed by atoms with Gasteiger partial charge in [-0.15, -0.1) is 0 Å². The zero-order valence-corrected chi connectivity index (χ0v) is 13.4. The molecule has 0 atom stereocenters. The number of hydrogen-bond donors (Lipinski definition) is 0. The van der Waals surface area contributed by atoms with Gasteiger partial charge in [0.1, 0.15) is 17.2 Å². The topological polar surface area (TPSA) is 27.7 Å². The first-order valence-electron chi connectivity index (χ1n) is 7.21. The van der Waals surface area contributed by atoms with Gasteiger partial charge >= 0.3 is 5.60 Å². The molecule has 0 bridgehead atoms. The van der Waals surface area contributed by atoms with Gasteiger partial charge in [-0.2, -0.15) is 0 Å². The molecule has 113 valence electrons. The summed E-state index contributed by atoms with van der Waals surface area (Å²) in [6.07, 6.45) is 0. The lowest BCUT2D eigenvalue weighted by atomic mass is 10.3. The van der Waals surface area contributed by atoms with Crippen molar-refractivity contribution < 1.29 is 14.2 Å². The van der Waals surface area contributed by atoms with Gasteiger partial charge in [0, 0.05) is 0 Å². The first kappa shape index (κ1) is 15.2. The Hall–Kier alpha value is -2.72. The van der Waals surface area contributed by atoms with Crippen molar-refractivity contribution in [2.45, 2.75) is 5.60 Å². The molecule has 3 radical (unpaired) electrons. The minimum absolute atomic E-state index is 0.620. The normalized spacial score (nSPS) is 10.8. The van der Waals surface area contributed by atoms with Crippen LogP contribution in [0.4, 0.5) is 0 Å². The van der Waals surface area contributed by atoms with E-state index in [9.17, 15) is 0 Å². The standard InChI is InChI=1S/C19H15O3Si/c23-19(20-16-10-4-1-5-11-16,21-17-12-6-2-7-13-17)22-18-14-8-3-9-15-18/h1-15H. The number of benzene rings is 3. The summed E-state index contributed by atoms with van der Waals surface area (Å²) in [6, 6.07) is 28.0. The highest BCUT2D eigenvalue weighted by atomic mass is 28.1. The van der Waals surface area contributed by atoms with E-state index >= 15 is 0 Å². The highest BCUT2D eigenvalue weighted by Gasteiger charge is 2.31. The Morgan fingerprint density at radius 2 is 0.739 bits per heavy atom. The van der Waals surface area contributed by atoms with Crippen molar-refractivity contribution in [2.75, 3.05) is 0 Å². The maximum absolute atomic E-state index is 5.88. The number of rotatable bonds is 6. The van der Waals surface area contributed by atoms with Crippen molar-refractivity contribution in [3.8, 4) is 17.2 Å². The third kappa shape index (κ3) is 4.37. The van der Waals surface area contributed by atoms with E-state index in [-0.39, 0.29) is 0 Å². The Labute approximate surface area is 138 Å². The molecule has 0 fully saturated rings. The van der Waals surface area contributed by atoms with E-state index in [2.05, 4.69) is 10.2 Å². The minimum Gasteiger partial charge on any atom is -0.426 e. The van der Waals surface area contributed by atoms with Crippen molar-refractivity contribution in [1.29, 1.82) is 0 Å². The van der Waals surface area contributed by atoms with Crippen LogP contribution in [0, 0.1) is 0 Å². The molecule has 3 nitrogen and oxygen atoms in total. The van der Waals surface area contributed by atoms with Crippen molar-refractivity contribution >= 4 is 10.2 Å². The Morgan fingerprint density at radius 3 is 1.00 bits per heavy atom. The van der Waals surface area contributed by atoms with E-state index in [4.69, 9.17) is 14.2 Å². The second kappa shape index (κ2) is 7.02. The average molecular weight is 319 g/mol. The van der Waals surface area contributed by atoms with E-state index in [0.29, 0.717) is 17.2 Å². The van der Waals surface area contributed by atoms with Crippen LogP contribution in [-0.4, -0.2) is 15.8 Å². The molecule has 0 saturated carbocycles. The van der Waals surface area contributed by atoms with Crippen LogP contribution in [0.15, 0.2) is 91.0 Å². The molecule has 0 spiro atoms. The molecular formula is C19H15O3Si. The third-order valence-electron chi connectivity index (χ3n) is 2.99. The van der Waals surface area contributed by atoms with E-state index in [1.807, 2.05) is 91.0 Å². The van der Waals surface area contributed by atoms with Crippen molar-refractivity contribution in [2.24, 2.45) is 0 Å². The molecule has 23 heavy (non-hydrogen) atoms. The summed E-state index contributed by atoms with van der Waals surface area (Å²) >= 11 is 0. The summed E-state index contributed by atoms with van der Waals surface area (Å²) in [4.78, 5) is 0. The highest BCUT2D eigenvalue weighted by molar-refractivity contribution is 6.13. The minimum atomic E-state index is -1.48. The maximum Gasteiger partial charge on any atom is 0.372 e. The molecule has 0 heterocycles. The second-order valence-corrected chi connectivity index (χ2v) is 5.41. The predicted molar refractivity (Wildman–Crippen MR) is 89.7 cm³/mol.